The smallest absolute Gasteiger partial charge is 0.410 e. The number of nitrogens with zero attached hydrogens (tertiary/aromatic N) is 2. The van der Waals surface area contributed by atoms with Crippen molar-refractivity contribution in [3.05, 3.63) is 23.6 Å². The van der Waals surface area contributed by atoms with Crippen molar-refractivity contribution in [2.45, 2.75) is 47.1 Å². The molecular formula is C16H27FN2O3. The minimum Gasteiger partial charge on any atom is -0.476 e. The Morgan fingerprint density at radius 3 is 2.41 bits per heavy atom. The summed E-state index contributed by atoms with van der Waals surface area (Å²) in [5, 5.41) is 0. The molecule has 0 radical (unpaired) electrons. The number of hydrogen-bond acceptors (Lipinski definition) is 4. The number of carbonyl (C=O) groups is 1. The summed E-state index contributed by atoms with van der Waals surface area (Å²) in [6.45, 7) is 11.7. The van der Waals surface area contributed by atoms with Gasteiger partial charge in [0, 0.05) is 13.1 Å². The summed E-state index contributed by atoms with van der Waals surface area (Å²) in [6.07, 6.45) is -0.426. The fourth-order valence-electron chi connectivity index (χ4n) is 1.39. The van der Waals surface area contributed by atoms with E-state index in [1.165, 1.54) is 11.0 Å². The molecule has 0 saturated heterocycles. The second-order valence-corrected chi connectivity index (χ2v) is 5.56. The van der Waals surface area contributed by atoms with Gasteiger partial charge in [0.25, 0.3) is 0 Å². The number of aryl methyl sites for hydroxylation is 1. The Labute approximate surface area is 132 Å². The first-order valence-corrected chi connectivity index (χ1v) is 7.38. The fraction of sp³-hybridized carbons (Fsp3) is 0.625. The second-order valence-electron chi connectivity index (χ2n) is 5.56. The minimum absolute atomic E-state index is 0.208. The van der Waals surface area contributed by atoms with E-state index in [0.29, 0.717) is 6.54 Å². The highest BCUT2D eigenvalue weighted by atomic mass is 19.1. The third-order valence-electron chi connectivity index (χ3n) is 2.30. The summed E-state index contributed by atoms with van der Waals surface area (Å²) >= 11 is 0. The zero-order valence-corrected chi connectivity index (χ0v) is 14.6. The highest BCUT2D eigenvalue weighted by Crippen LogP contribution is 2.11. The molecule has 6 heteroatoms. The van der Waals surface area contributed by atoms with Crippen LogP contribution in [-0.4, -0.2) is 41.8 Å². The lowest BCUT2D eigenvalue weighted by Crippen LogP contribution is -2.36. The van der Waals surface area contributed by atoms with Crippen LogP contribution in [0.3, 0.4) is 0 Å². The van der Waals surface area contributed by atoms with Crippen molar-refractivity contribution in [1.29, 1.82) is 0 Å². The molecule has 0 saturated carbocycles. The highest BCUT2D eigenvalue weighted by Gasteiger charge is 2.19. The maximum atomic E-state index is 13.1. The van der Waals surface area contributed by atoms with Gasteiger partial charge in [-0.25, -0.2) is 4.79 Å². The SMILES string of the molecule is CC.Cc1cc(F)nc(OCCN(C)C(=O)OC(C)(C)C)c1. The van der Waals surface area contributed by atoms with Crippen molar-refractivity contribution in [3.8, 4) is 5.88 Å². The average Bonchev–Trinajstić information content (AvgIpc) is 2.37. The summed E-state index contributed by atoms with van der Waals surface area (Å²) in [6, 6.07) is 2.95. The van der Waals surface area contributed by atoms with Crippen LogP contribution in [0.1, 0.15) is 40.2 Å². The Bertz CT molecular complexity index is 453. The van der Waals surface area contributed by atoms with Crippen molar-refractivity contribution in [2.75, 3.05) is 20.2 Å². The summed E-state index contributed by atoms with van der Waals surface area (Å²) in [5.74, 6) is -0.374. The highest BCUT2D eigenvalue weighted by molar-refractivity contribution is 5.67. The molecule has 0 fully saturated rings. The molecule has 0 atom stereocenters. The number of rotatable bonds is 4. The molecule has 1 amide bonds. The van der Waals surface area contributed by atoms with E-state index in [-0.39, 0.29) is 12.5 Å². The molecule has 0 aliphatic heterocycles. The van der Waals surface area contributed by atoms with Gasteiger partial charge in [0.1, 0.15) is 12.2 Å². The van der Waals surface area contributed by atoms with Crippen LogP contribution in [0.2, 0.25) is 0 Å². The van der Waals surface area contributed by atoms with Gasteiger partial charge in [0.2, 0.25) is 11.8 Å². The lowest BCUT2D eigenvalue weighted by molar-refractivity contribution is 0.0277. The minimum atomic E-state index is -0.583. The van der Waals surface area contributed by atoms with E-state index in [4.69, 9.17) is 9.47 Å². The van der Waals surface area contributed by atoms with Crippen molar-refractivity contribution < 1.29 is 18.7 Å². The summed E-state index contributed by atoms with van der Waals surface area (Å²) < 4.78 is 23.6. The van der Waals surface area contributed by atoms with Gasteiger partial charge in [-0.05, 0) is 39.3 Å². The maximum absolute atomic E-state index is 13.1. The first-order chi connectivity index (χ1) is 10.2. The first-order valence-electron chi connectivity index (χ1n) is 7.38. The molecule has 0 bridgehead atoms. The molecule has 1 heterocycles. The van der Waals surface area contributed by atoms with Gasteiger partial charge in [-0.3, -0.25) is 0 Å². The normalized spacial score (nSPS) is 10.4. The van der Waals surface area contributed by atoms with Gasteiger partial charge in [-0.1, -0.05) is 13.8 Å². The van der Waals surface area contributed by atoms with Gasteiger partial charge < -0.3 is 14.4 Å². The van der Waals surface area contributed by atoms with Crippen LogP contribution in [0.5, 0.6) is 5.88 Å². The topological polar surface area (TPSA) is 51.7 Å². The first kappa shape index (κ1) is 20.1. The number of aromatic nitrogens is 1. The van der Waals surface area contributed by atoms with E-state index < -0.39 is 17.6 Å². The van der Waals surface area contributed by atoms with Crippen molar-refractivity contribution in [3.63, 3.8) is 0 Å². The molecule has 5 nitrogen and oxygen atoms in total. The predicted octanol–water partition coefficient (Wildman–Crippen LogP) is 3.80. The lowest BCUT2D eigenvalue weighted by Gasteiger charge is -2.24. The fourth-order valence-corrected chi connectivity index (χ4v) is 1.39. The molecular weight excluding hydrogens is 287 g/mol. The van der Waals surface area contributed by atoms with Gasteiger partial charge >= 0.3 is 6.09 Å². The van der Waals surface area contributed by atoms with E-state index >= 15 is 0 Å². The molecule has 126 valence electrons. The van der Waals surface area contributed by atoms with E-state index in [2.05, 4.69) is 4.98 Å². The van der Waals surface area contributed by atoms with Crippen LogP contribution in [0.4, 0.5) is 9.18 Å². The van der Waals surface area contributed by atoms with E-state index in [0.717, 1.165) is 5.56 Å². The Hall–Kier alpha value is -1.85. The van der Waals surface area contributed by atoms with Crippen LogP contribution < -0.4 is 4.74 Å². The van der Waals surface area contributed by atoms with Crippen LogP contribution in [0, 0.1) is 12.9 Å². The quantitative estimate of drug-likeness (QED) is 0.793. The average molecular weight is 314 g/mol. The molecule has 0 aliphatic carbocycles. The van der Waals surface area contributed by atoms with Crippen molar-refractivity contribution >= 4 is 6.09 Å². The van der Waals surface area contributed by atoms with Crippen LogP contribution in [-0.2, 0) is 4.74 Å². The van der Waals surface area contributed by atoms with E-state index in [9.17, 15) is 9.18 Å². The zero-order chi connectivity index (χ0) is 17.3. The molecule has 0 unspecified atom stereocenters. The Morgan fingerprint density at radius 2 is 1.91 bits per heavy atom. The predicted molar refractivity (Wildman–Crippen MR) is 84.6 cm³/mol. The Kier molecular flexibility index (Phi) is 8.45. The van der Waals surface area contributed by atoms with E-state index in [1.54, 1.807) is 40.8 Å². The molecule has 1 aromatic heterocycles. The second kappa shape index (κ2) is 9.23. The summed E-state index contributed by atoms with van der Waals surface area (Å²) in [7, 11) is 1.61. The van der Waals surface area contributed by atoms with Gasteiger partial charge in [0.05, 0.1) is 6.54 Å². The molecule has 1 aromatic rings. The number of pyridine rings is 1. The lowest BCUT2D eigenvalue weighted by atomic mass is 10.2. The van der Waals surface area contributed by atoms with Crippen LogP contribution >= 0.6 is 0 Å². The number of amides is 1. The molecule has 0 aliphatic rings. The van der Waals surface area contributed by atoms with Gasteiger partial charge in [0.15, 0.2) is 0 Å². The standard InChI is InChI=1S/C14H21FN2O3.C2H6/c1-10-8-11(15)16-12(9-10)19-7-6-17(5)13(18)20-14(2,3)4;1-2/h8-9H,6-7H2,1-5H3;1-2H3. The molecule has 0 aromatic carbocycles. The number of ether oxygens (including phenoxy) is 2. The molecule has 22 heavy (non-hydrogen) atoms. The third-order valence-corrected chi connectivity index (χ3v) is 2.30. The van der Waals surface area contributed by atoms with Gasteiger partial charge in [-0.2, -0.15) is 9.37 Å². The number of likely N-dealkylation sites (N-methyl/N-ethyl adjacent to an activating group) is 1. The number of carbonyl (C=O) groups excluding carboxylic acids is 1. The largest absolute Gasteiger partial charge is 0.476 e. The van der Waals surface area contributed by atoms with Crippen LogP contribution in [0.15, 0.2) is 12.1 Å². The van der Waals surface area contributed by atoms with Crippen LogP contribution in [0.25, 0.3) is 0 Å². The van der Waals surface area contributed by atoms with E-state index in [1.807, 2.05) is 13.8 Å². The van der Waals surface area contributed by atoms with Crippen molar-refractivity contribution in [2.24, 2.45) is 0 Å². The zero-order valence-electron chi connectivity index (χ0n) is 14.6. The summed E-state index contributed by atoms with van der Waals surface area (Å²) in [4.78, 5) is 16.7. The Morgan fingerprint density at radius 1 is 1.32 bits per heavy atom. The third kappa shape index (κ3) is 8.44. The monoisotopic (exact) mass is 314 g/mol. The summed E-state index contributed by atoms with van der Waals surface area (Å²) in [5.41, 5.74) is 0.195. The molecule has 1 rings (SSSR count). The maximum Gasteiger partial charge on any atom is 0.410 e. The molecule has 0 spiro atoms. The van der Waals surface area contributed by atoms with Crippen molar-refractivity contribution in [1.82, 2.24) is 9.88 Å². The Balaban J connectivity index is 0.00000211. The number of hydrogen-bond donors (Lipinski definition) is 0. The van der Waals surface area contributed by atoms with Gasteiger partial charge in [-0.15, -0.1) is 0 Å². The number of halogens is 1. The molecule has 0 N–H and O–H groups in total.